The molecule has 0 aliphatic carbocycles. The van der Waals surface area contributed by atoms with Crippen LogP contribution in [0.5, 0.6) is 0 Å². The summed E-state index contributed by atoms with van der Waals surface area (Å²) in [4.78, 5) is 16.4. The van der Waals surface area contributed by atoms with E-state index in [-0.39, 0.29) is 30.7 Å². The number of hydrogen-bond acceptors (Lipinski definition) is 3. The van der Waals surface area contributed by atoms with Gasteiger partial charge in [-0.2, -0.15) is 0 Å². The van der Waals surface area contributed by atoms with Crippen molar-refractivity contribution < 1.29 is 4.79 Å². The molecule has 1 aliphatic heterocycles. The second kappa shape index (κ2) is 8.35. The summed E-state index contributed by atoms with van der Waals surface area (Å²) in [6.45, 7) is 5.78. The number of piperidine rings is 1. The fourth-order valence-corrected chi connectivity index (χ4v) is 2.16. The standard InChI is InChI=1S/C13H19N3O.2ClH/c1-9-3-4-12(10(2)15-9)13(17)16-11-5-7-14-8-6-11;;/h3-4,11,14H,5-8H2,1-2H3,(H,16,17);2*1H. The van der Waals surface area contributed by atoms with Crippen LogP contribution in [-0.4, -0.2) is 30.0 Å². The number of aryl methyl sites for hydroxylation is 2. The predicted molar refractivity (Wildman–Crippen MR) is 81.6 cm³/mol. The number of carbonyl (C=O) groups is 1. The number of halogens is 2. The van der Waals surface area contributed by atoms with Crippen molar-refractivity contribution >= 4 is 30.7 Å². The quantitative estimate of drug-likeness (QED) is 0.879. The zero-order chi connectivity index (χ0) is 12.3. The third kappa shape index (κ3) is 4.97. The summed E-state index contributed by atoms with van der Waals surface area (Å²) in [5, 5.41) is 6.36. The highest BCUT2D eigenvalue weighted by molar-refractivity contribution is 5.95. The maximum atomic E-state index is 12.1. The third-order valence-corrected chi connectivity index (χ3v) is 3.14. The molecule has 0 radical (unpaired) electrons. The van der Waals surface area contributed by atoms with Gasteiger partial charge in [0.15, 0.2) is 0 Å². The van der Waals surface area contributed by atoms with Gasteiger partial charge in [0.25, 0.3) is 5.91 Å². The van der Waals surface area contributed by atoms with Crippen molar-refractivity contribution in [2.24, 2.45) is 0 Å². The molecule has 1 fully saturated rings. The van der Waals surface area contributed by atoms with E-state index in [9.17, 15) is 4.79 Å². The molecule has 0 spiro atoms. The minimum atomic E-state index is 0. The lowest BCUT2D eigenvalue weighted by atomic mass is 10.1. The number of amides is 1. The fourth-order valence-electron chi connectivity index (χ4n) is 2.16. The molecule has 0 aromatic carbocycles. The first kappa shape index (κ1) is 18.2. The SMILES string of the molecule is Cc1ccc(C(=O)NC2CCNCC2)c(C)n1.Cl.Cl. The number of hydrogen-bond donors (Lipinski definition) is 2. The van der Waals surface area contributed by atoms with Crippen LogP contribution < -0.4 is 10.6 Å². The molecule has 1 aromatic rings. The summed E-state index contributed by atoms with van der Waals surface area (Å²) in [6.07, 6.45) is 2.01. The molecular formula is C13H21Cl2N3O. The van der Waals surface area contributed by atoms with Gasteiger partial charge in [-0.3, -0.25) is 9.78 Å². The molecule has 2 rings (SSSR count). The lowest BCUT2D eigenvalue weighted by Crippen LogP contribution is -2.42. The first-order valence-corrected chi connectivity index (χ1v) is 6.12. The Morgan fingerprint density at radius 3 is 2.47 bits per heavy atom. The van der Waals surface area contributed by atoms with Crippen molar-refractivity contribution in [1.29, 1.82) is 0 Å². The summed E-state index contributed by atoms with van der Waals surface area (Å²) in [7, 11) is 0. The number of nitrogens with zero attached hydrogens (tertiary/aromatic N) is 1. The molecule has 0 bridgehead atoms. The lowest BCUT2D eigenvalue weighted by molar-refractivity contribution is 0.0928. The van der Waals surface area contributed by atoms with Crippen LogP contribution in [-0.2, 0) is 0 Å². The highest BCUT2D eigenvalue weighted by atomic mass is 35.5. The minimum Gasteiger partial charge on any atom is -0.349 e. The Labute approximate surface area is 126 Å². The second-order valence-corrected chi connectivity index (χ2v) is 4.58. The first-order chi connectivity index (χ1) is 8.16. The van der Waals surface area contributed by atoms with Crippen molar-refractivity contribution in [1.82, 2.24) is 15.6 Å². The van der Waals surface area contributed by atoms with Gasteiger partial charge in [-0.05, 0) is 51.9 Å². The van der Waals surface area contributed by atoms with Crippen LogP contribution in [0.1, 0.15) is 34.6 Å². The van der Waals surface area contributed by atoms with Crippen LogP contribution in [0.25, 0.3) is 0 Å². The van der Waals surface area contributed by atoms with E-state index in [2.05, 4.69) is 15.6 Å². The van der Waals surface area contributed by atoms with Gasteiger partial charge in [0.05, 0.1) is 11.3 Å². The Balaban J connectivity index is 0.00000162. The van der Waals surface area contributed by atoms with Gasteiger partial charge in [0, 0.05) is 11.7 Å². The van der Waals surface area contributed by atoms with Crippen LogP contribution in [0.2, 0.25) is 0 Å². The molecule has 0 unspecified atom stereocenters. The maximum Gasteiger partial charge on any atom is 0.253 e. The zero-order valence-electron chi connectivity index (χ0n) is 11.2. The fraction of sp³-hybridized carbons (Fsp3) is 0.538. The van der Waals surface area contributed by atoms with Gasteiger partial charge in [-0.1, -0.05) is 0 Å². The van der Waals surface area contributed by atoms with Gasteiger partial charge in [-0.25, -0.2) is 0 Å². The Kier molecular flexibility index (Phi) is 7.99. The minimum absolute atomic E-state index is 0. The van der Waals surface area contributed by atoms with Gasteiger partial charge >= 0.3 is 0 Å². The molecule has 1 aromatic heterocycles. The monoisotopic (exact) mass is 305 g/mol. The third-order valence-electron chi connectivity index (χ3n) is 3.14. The normalized spacial score (nSPS) is 15.1. The Morgan fingerprint density at radius 1 is 1.26 bits per heavy atom. The lowest BCUT2D eigenvalue weighted by Gasteiger charge is -2.23. The first-order valence-electron chi connectivity index (χ1n) is 6.12. The number of nitrogens with one attached hydrogen (secondary N) is 2. The van der Waals surface area contributed by atoms with E-state index >= 15 is 0 Å². The van der Waals surface area contributed by atoms with E-state index in [1.807, 2.05) is 26.0 Å². The van der Waals surface area contributed by atoms with E-state index in [0.717, 1.165) is 37.3 Å². The van der Waals surface area contributed by atoms with Crippen LogP contribution in [0, 0.1) is 13.8 Å². The largest absolute Gasteiger partial charge is 0.349 e. The Morgan fingerprint density at radius 2 is 1.89 bits per heavy atom. The summed E-state index contributed by atoms with van der Waals surface area (Å²) in [5.74, 6) is 0.00176. The average molecular weight is 306 g/mol. The Hall–Kier alpha value is -0.840. The molecule has 1 saturated heterocycles. The Bertz CT molecular complexity index is 420. The molecule has 1 aliphatic rings. The summed E-state index contributed by atoms with van der Waals surface area (Å²) in [6, 6.07) is 4.03. The molecule has 19 heavy (non-hydrogen) atoms. The van der Waals surface area contributed by atoms with Crippen molar-refractivity contribution in [2.75, 3.05) is 13.1 Å². The highest BCUT2D eigenvalue weighted by Crippen LogP contribution is 2.09. The van der Waals surface area contributed by atoms with E-state index in [4.69, 9.17) is 0 Å². The van der Waals surface area contributed by atoms with E-state index in [1.165, 1.54) is 0 Å². The highest BCUT2D eigenvalue weighted by Gasteiger charge is 2.17. The molecule has 1 amide bonds. The van der Waals surface area contributed by atoms with Crippen LogP contribution in [0.4, 0.5) is 0 Å². The van der Waals surface area contributed by atoms with Gasteiger partial charge < -0.3 is 10.6 Å². The maximum absolute atomic E-state index is 12.1. The second-order valence-electron chi connectivity index (χ2n) is 4.58. The van der Waals surface area contributed by atoms with E-state index < -0.39 is 0 Å². The molecule has 0 saturated carbocycles. The molecule has 2 heterocycles. The predicted octanol–water partition coefficient (Wildman–Crippen LogP) is 2.02. The average Bonchev–Trinajstić information content (AvgIpc) is 2.30. The van der Waals surface area contributed by atoms with Gasteiger partial charge in [-0.15, -0.1) is 24.8 Å². The zero-order valence-corrected chi connectivity index (χ0v) is 12.9. The molecule has 2 N–H and O–H groups in total. The summed E-state index contributed by atoms with van der Waals surface area (Å²) in [5.41, 5.74) is 2.44. The van der Waals surface area contributed by atoms with E-state index in [1.54, 1.807) is 0 Å². The number of rotatable bonds is 2. The van der Waals surface area contributed by atoms with Gasteiger partial charge in [0.1, 0.15) is 0 Å². The summed E-state index contributed by atoms with van der Waals surface area (Å²) >= 11 is 0. The molecular weight excluding hydrogens is 285 g/mol. The van der Waals surface area contributed by atoms with Crippen molar-refractivity contribution in [3.8, 4) is 0 Å². The van der Waals surface area contributed by atoms with E-state index in [0.29, 0.717) is 11.6 Å². The van der Waals surface area contributed by atoms with Crippen molar-refractivity contribution in [3.05, 3.63) is 29.1 Å². The van der Waals surface area contributed by atoms with Crippen LogP contribution >= 0.6 is 24.8 Å². The summed E-state index contributed by atoms with van der Waals surface area (Å²) < 4.78 is 0. The molecule has 108 valence electrons. The number of pyridine rings is 1. The van der Waals surface area contributed by atoms with Crippen LogP contribution in [0.3, 0.4) is 0 Å². The molecule has 0 atom stereocenters. The smallest absolute Gasteiger partial charge is 0.253 e. The van der Waals surface area contributed by atoms with Crippen molar-refractivity contribution in [2.45, 2.75) is 32.7 Å². The topological polar surface area (TPSA) is 54.0 Å². The van der Waals surface area contributed by atoms with Crippen LogP contribution in [0.15, 0.2) is 12.1 Å². The number of carbonyl (C=O) groups excluding carboxylic acids is 1. The molecule has 4 nitrogen and oxygen atoms in total. The number of aromatic nitrogens is 1. The van der Waals surface area contributed by atoms with Gasteiger partial charge in [0.2, 0.25) is 0 Å². The van der Waals surface area contributed by atoms with Crippen molar-refractivity contribution in [3.63, 3.8) is 0 Å². The molecule has 6 heteroatoms.